The summed E-state index contributed by atoms with van der Waals surface area (Å²) in [5, 5.41) is 14.6. The summed E-state index contributed by atoms with van der Waals surface area (Å²) < 4.78 is 27.7. The van der Waals surface area contributed by atoms with Gasteiger partial charge in [0.05, 0.1) is 10.7 Å². The molecule has 2 N–H and O–H groups in total. The first-order chi connectivity index (χ1) is 13.2. The number of rotatable bonds is 5. The summed E-state index contributed by atoms with van der Waals surface area (Å²) in [6.45, 7) is 2.97. The lowest BCUT2D eigenvalue weighted by Gasteiger charge is -2.27. The Labute approximate surface area is 163 Å². The molecule has 0 aliphatic carbocycles. The molecule has 1 atom stereocenters. The van der Waals surface area contributed by atoms with E-state index in [1.165, 1.54) is 17.4 Å². The molecule has 2 aromatic carbocycles. The Kier molecular flexibility index (Phi) is 5.24. The second-order valence-electron chi connectivity index (χ2n) is 6.34. The van der Waals surface area contributed by atoms with Crippen molar-refractivity contribution < 1.29 is 23.5 Å². The van der Waals surface area contributed by atoms with Crippen LogP contribution >= 0.6 is 11.3 Å². The molecule has 0 aliphatic rings. The smallest absolute Gasteiger partial charge is 0.333 e. The van der Waals surface area contributed by atoms with Gasteiger partial charge in [0.2, 0.25) is 0 Å². The topological polar surface area (TPSA) is 79.3 Å². The summed E-state index contributed by atoms with van der Waals surface area (Å²) >= 11 is 1.46. The zero-order chi connectivity index (χ0) is 20.5. The Bertz CT molecular complexity index is 1070. The second kappa shape index (κ2) is 7.47. The number of carbonyl (C=O) groups is 2. The number of halogens is 2. The lowest BCUT2D eigenvalue weighted by atomic mass is 9.90. The summed E-state index contributed by atoms with van der Waals surface area (Å²) in [7, 11) is 0. The van der Waals surface area contributed by atoms with Crippen LogP contribution < -0.4 is 5.32 Å². The predicted octanol–water partition coefficient (Wildman–Crippen LogP) is 4.13. The normalized spacial score (nSPS) is 13.0. The largest absolute Gasteiger partial charge is 0.479 e. The van der Waals surface area contributed by atoms with E-state index >= 15 is 0 Å². The number of benzene rings is 2. The summed E-state index contributed by atoms with van der Waals surface area (Å²) in [5.74, 6) is -3.99. The van der Waals surface area contributed by atoms with E-state index in [1.807, 2.05) is 12.3 Å². The zero-order valence-corrected chi connectivity index (χ0v) is 15.8. The van der Waals surface area contributed by atoms with Crippen molar-refractivity contribution in [3.63, 3.8) is 0 Å². The van der Waals surface area contributed by atoms with Gasteiger partial charge in [-0.15, -0.1) is 11.3 Å². The number of carbonyl (C=O) groups excluding carboxylic acids is 1. The van der Waals surface area contributed by atoms with E-state index in [9.17, 15) is 23.5 Å². The zero-order valence-electron chi connectivity index (χ0n) is 15.0. The van der Waals surface area contributed by atoms with Gasteiger partial charge in [-0.25, -0.2) is 18.6 Å². The maximum Gasteiger partial charge on any atom is 0.333 e. The van der Waals surface area contributed by atoms with Crippen LogP contribution in [0.1, 0.15) is 27.9 Å². The molecule has 8 heteroatoms. The Morgan fingerprint density at radius 2 is 1.93 bits per heavy atom. The number of nitrogens with zero attached hydrogens (tertiary/aromatic N) is 1. The van der Waals surface area contributed by atoms with E-state index in [1.54, 1.807) is 18.2 Å². The lowest BCUT2D eigenvalue weighted by molar-refractivity contribution is -0.144. The Morgan fingerprint density at radius 3 is 2.57 bits per heavy atom. The molecule has 1 unspecified atom stereocenters. The number of aryl methyl sites for hydroxylation is 1. The van der Waals surface area contributed by atoms with Crippen LogP contribution in [0.25, 0.3) is 11.3 Å². The molecule has 1 heterocycles. The van der Waals surface area contributed by atoms with E-state index in [4.69, 9.17) is 0 Å². The summed E-state index contributed by atoms with van der Waals surface area (Å²) in [4.78, 5) is 28.9. The minimum Gasteiger partial charge on any atom is -0.479 e. The van der Waals surface area contributed by atoms with E-state index in [0.717, 1.165) is 30.1 Å². The number of aromatic nitrogens is 1. The molecule has 0 spiro atoms. The highest BCUT2D eigenvalue weighted by molar-refractivity contribution is 7.09. The molecular formula is C20H16F2N2O3S. The molecule has 0 fully saturated rings. The summed E-state index contributed by atoms with van der Waals surface area (Å²) in [6, 6.07) is 8.94. The minimum absolute atomic E-state index is 0.174. The predicted molar refractivity (Wildman–Crippen MR) is 101 cm³/mol. The van der Waals surface area contributed by atoms with Crippen molar-refractivity contribution >= 4 is 23.2 Å². The van der Waals surface area contributed by atoms with Crippen LogP contribution in [-0.2, 0) is 10.3 Å². The minimum atomic E-state index is -2.16. The lowest BCUT2D eigenvalue weighted by Crippen LogP contribution is -2.50. The van der Waals surface area contributed by atoms with Gasteiger partial charge in [0.25, 0.3) is 5.91 Å². The van der Waals surface area contributed by atoms with Crippen LogP contribution in [0.2, 0.25) is 0 Å². The van der Waals surface area contributed by atoms with Crippen LogP contribution in [-0.4, -0.2) is 22.0 Å². The standard InChI is InChI=1S/C20H16F2N2O3S/c1-11-23-17(10-28-11)12-4-3-5-13(8-12)18(25)24-20(2,19(26)27)15-9-14(21)6-7-16(15)22/h3-10H,1-2H3,(H,24,25)(H,26,27). The van der Waals surface area contributed by atoms with Gasteiger partial charge in [0.15, 0.2) is 5.54 Å². The molecule has 0 bridgehead atoms. The number of hydrogen-bond acceptors (Lipinski definition) is 4. The van der Waals surface area contributed by atoms with Crippen molar-refractivity contribution in [3.05, 3.63) is 75.6 Å². The average Bonchev–Trinajstić information content (AvgIpc) is 3.10. The molecule has 3 aromatic rings. The number of carboxylic acids is 1. The first-order valence-corrected chi connectivity index (χ1v) is 9.12. The van der Waals surface area contributed by atoms with Crippen LogP contribution in [0.15, 0.2) is 47.8 Å². The molecule has 0 aliphatic heterocycles. The van der Waals surface area contributed by atoms with Crippen LogP contribution in [0, 0.1) is 18.6 Å². The summed E-state index contributed by atoms with van der Waals surface area (Å²) in [5.41, 5.74) is -1.08. The molecule has 3 rings (SSSR count). The van der Waals surface area contributed by atoms with Gasteiger partial charge < -0.3 is 10.4 Å². The van der Waals surface area contributed by atoms with Gasteiger partial charge >= 0.3 is 5.97 Å². The van der Waals surface area contributed by atoms with E-state index in [-0.39, 0.29) is 5.56 Å². The van der Waals surface area contributed by atoms with Crippen LogP contribution in [0.4, 0.5) is 8.78 Å². The molecular weight excluding hydrogens is 386 g/mol. The third kappa shape index (κ3) is 3.77. The molecule has 28 heavy (non-hydrogen) atoms. The molecule has 0 saturated heterocycles. The second-order valence-corrected chi connectivity index (χ2v) is 7.40. The van der Waals surface area contributed by atoms with Gasteiger partial charge in [-0.1, -0.05) is 12.1 Å². The van der Waals surface area contributed by atoms with Crippen molar-refractivity contribution in [2.24, 2.45) is 0 Å². The fourth-order valence-corrected chi connectivity index (χ4v) is 3.35. The highest BCUT2D eigenvalue weighted by Crippen LogP contribution is 2.27. The maximum absolute atomic E-state index is 14.2. The van der Waals surface area contributed by atoms with E-state index in [0.29, 0.717) is 11.3 Å². The average molecular weight is 402 g/mol. The maximum atomic E-state index is 14.2. The molecule has 0 saturated carbocycles. The number of aliphatic carboxylic acids is 1. The Morgan fingerprint density at radius 1 is 1.18 bits per heavy atom. The van der Waals surface area contributed by atoms with Crippen molar-refractivity contribution in [3.8, 4) is 11.3 Å². The van der Waals surface area contributed by atoms with Gasteiger partial charge in [0, 0.05) is 22.1 Å². The quantitative estimate of drug-likeness (QED) is 0.673. The van der Waals surface area contributed by atoms with Gasteiger partial charge in [-0.2, -0.15) is 0 Å². The van der Waals surface area contributed by atoms with Gasteiger partial charge in [0.1, 0.15) is 11.6 Å². The van der Waals surface area contributed by atoms with Crippen molar-refractivity contribution in [1.82, 2.24) is 10.3 Å². The third-order valence-corrected chi connectivity index (χ3v) is 5.07. The number of thiazole rings is 1. The monoisotopic (exact) mass is 402 g/mol. The fourth-order valence-electron chi connectivity index (χ4n) is 2.73. The van der Waals surface area contributed by atoms with E-state index < -0.39 is 34.6 Å². The van der Waals surface area contributed by atoms with Crippen molar-refractivity contribution in [2.75, 3.05) is 0 Å². The molecule has 5 nitrogen and oxygen atoms in total. The summed E-state index contributed by atoms with van der Waals surface area (Å²) in [6.07, 6.45) is 0. The Balaban J connectivity index is 1.96. The fraction of sp³-hybridized carbons (Fsp3) is 0.150. The molecule has 0 radical (unpaired) electrons. The first-order valence-electron chi connectivity index (χ1n) is 8.24. The highest BCUT2D eigenvalue weighted by atomic mass is 32.1. The molecule has 144 valence electrons. The number of carboxylic acid groups (broad SMARTS) is 1. The van der Waals surface area contributed by atoms with Gasteiger partial charge in [-0.05, 0) is 44.2 Å². The third-order valence-electron chi connectivity index (χ3n) is 4.30. The van der Waals surface area contributed by atoms with Crippen LogP contribution in [0.3, 0.4) is 0 Å². The number of nitrogens with one attached hydrogen (secondary N) is 1. The van der Waals surface area contributed by atoms with E-state index in [2.05, 4.69) is 10.3 Å². The van der Waals surface area contributed by atoms with Crippen molar-refractivity contribution in [2.45, 2.75) is 19.4 Å². The molecule has 1 aromatic heterocycles. The van der Waals surface area contributed by atoms with Gasteiger partial charge in [-0.3, -0.25) is 4.79 Å². The highest BCUT2D eigenvalue weighted by Gasteiger charge is 2.39. The van der Waals surface area contributed by atoms with Crippen molar-refractivity contribution in [1.29, 1.82) is 0 Å². The number of hydrogen-bond donors (Lipinski definition) is 2. The number of amides is 1. The van der Waals surface area contributed by atoms with Crippen LogP contribution in [0.5, 0.6) is 0 Å². The Hall–Kier alpha value is -3.13. The molecule has 1 amide bonds. The SMILES string of the molecule is Cc1nc(-c2cccc(C(=O)NC(C)(C(=O)O)c3cc(F)ccc3F)c2)cs1. The first kappa shape index (κ1) is 19.6.